The first-order chi connectivity index (χ1) is 7.65. The SMILES string of the molecule is CC[C@@]1(CCc2sccc2C)COC(=O)N1. The molecule has 1 N–H and O–H groups in total. The van der Waals surface area contributed by atoms with Gasteiger partial charge in [0.15, 0.2) is 0 Å². The maximum absolute atomic E-state index is 11.1. The Morgan fingerprint density at radius 2 is 2.44 bits per heavy atom. The van der Waals surface area contributed by atoms with E-state index in [4.69, 9.17) is 4.74 Å². The van der Waals surface area contributed by atoms with Crippen LogP contribution >= 0.6 is 11.3 Å². The number of ether oxygens (including phenoxy) is 1. The number of cyclic esters (lactones) is 1. The van der Waals surface area contributed by atoms with Gasteiger partial charge in [0, 0.05) is 4.88 Å². The van der Waals surface area contributed by atoms with E-state index in [9.17, 15) is 4.79 Å². The molecule has 1 amide bonds. The van der Waals surface area contributed by atoms with Gasteiger partial charge in [0.25, 0.3) is 0 Å². The van der Waals surface area contributed by atoms with Crippen LogP contribution < -0.4 is 5.32 Å². The molecule has 0 radical (unpaired) electrons. The van der Waals surface area contributed by atoms with Crippen LogP contribution in [-0.2, 0) is 11.2 Å². The van der Waals surface area contributed by atoms with E-state index >= 15 is 0 Å². The molecule has 0 unspecified atom stereocenters. The fourth-order valence-corrected chi connectivity index (χ4v) is 2.92. The van der Waals surface area contributed by atoms with E-state index in [-0.39, 0.29) is 11.6 Å². The van der Waals surface area contributed by atoms with E-state index in [1.807, 2.05) is 0 Å². The monoisotopic (exact) mass is 239 g/mol. The molecule has 1 fully saturated rings. The fourth-order valence-electron chi connectivity index (χ4n) is 2.01. The van der Waals surface area contributed by atoms with E-state index in [1.165, 1.54) is 10.4 Å². The Hall–Kier alpha value is -1.03. The Labute approximate surface area is 99.8 Å². The summed E-state index contributed by atoms with van der Waals surface area (Å²) in [6, 6.07) is 2.14. The molecule has 0 saturated carbocycles. The van der Waals surface area contributed by atoms with Crippen molar-refractivity contribution in [2.24, 2.45) is 0 Å². The Morgan fingerprint density at radius 3 is 2.94 bits per heavy atom. The molecule has 1 atom stereocenters. The van der Waals surface area contributed by atoms with Gasteiger partial charge in [-0.25, -0.2) is 4.79 Å². The van der Waals surface area contributed by atoms with Crippen LogP contribution in [0.3, 0.4) is 0 Å². The summed E-state index contributed by atoms with van der Waals surface area (Å²) >= 11 is 1.79. The molecule has 2 rings (SSSR count). The molecule has 1 aliphatic heterocycles. The van der Waals surface area contributed by atoms with Gasteiger partial charge in [-0.15, -0.1) is 11.3 Å². The van der Waals surface area contributed by atoms with Crippen LogP contribution in [0, 0.1) is 6.92 Å². The molecule has 16 heavy (non-hydrogen) atoms. The third kappa shape index (κ3) is 2.21. The molecular weight excluding hydrogens is 222 g/mol. The number of aryl methyl sites for hydroxylation is 2. The van der Waals surface area contributed by atoms with Crippen molar-refractivity contribution in [1.29, 1.82) is 0 Å². The first-order valence-electron chi connectivity index (χ1n) is 5.63. The number of rotatable bonds is 4. The second-order valence-electron chi connectivity index (χ2n) is 4.36. The third-order valence-corrected chi connectivity index (χ3v) is 4.41. The second kappa shape index (κ2) is 4.45. The van der Waals surface area contributed by atoms with Gasteiger partial charge in [-0.1, -0.05) is 6.92 Å². The molecule has 4 heteroatoms. The first kappa shape index (κ1) is 11.5. The van der Waals surface area contributed by atoms with Gasteiger partial charge < -0.3 is 10.1 Å². The molecule has 3 nitrogen and oxygen atoms in total. The number of carbonyl (C=O) groups excluding carboxylic acids is 1. The normalized spacial score (nSPS) is 24.2. The zero-order chi connectivity index (χ0) is 11.6. The molecule has 1 saturated heterocycles. The number of amides is 1. The minimum atomic E-state index is -0.273. The van der Waals surface area contributed by atoms with E-state index in [0.29, 0.717) is 6.61 Å². The van der Waals surface area contributed by atoms with E-state index < -0.39 is 0 Å². The van der Waals surface area contributed by atoms with Crippen LogP contribution in [0.5, 0.6) is 0 Å². The average Bonchev–Trinajstić information content (AvgIpc) is 2.83. The maximum atomic E-state index is 11.1. The van der Waals surface area contributed by atoms with E-state index in [2.05, 4.69) is 30.6 Å². The molecule has 0 aliphatic carbocycles. The Balaban J connectivity index is 1.98. The predicted molar refractivity (Wildman–Crippen MR) is 64.9 cm³/mol. The molecule has 2 heterocycles. The molecule has 1 aromatic rings. The highest BCUT2D eigenvalue weighted by molar-refractivity contribution is 7.10. The Kier molecular flexibility index (Phi) is 3.19. The summed E-state index contributed by atoms with van der Waals surface area (Å²) in [7, 11) is 0. The smallest absolute Gasteiger partial charge is 0.407 e. The highest BCUT2D eigenvalue weighted by atomic mass is 32.1. The molecule has 0 aromatic carbocycles. The summed E-state index contributed by atoms with van der Waals surface area (Å²) in [5.41, 5.74) is 1.20. The number of carbonyl (C=O) groups is 1. The third-order valence-electron chi connectivity index (χ3n) is 3.32. The fraction of sp³-hybridized carbons (Fsp3) is 0.583. The van der Waals surface area contributed by atoms with Crippen molar-refractivity contribution in [1.82, 2.24) is 5.32 Å². The van der Waals surface area contributed by atoms with Gasteiger partial charge in [0.1, 0.15) is 6.61 Å². The largest absolute Gasteiger partial charge is 0.447 e. The van der Waals surface area contributed by atoms with Gasteiger partial charge >= 0.3 is 6.09 Å². The van der Waals surface area contributed by atoms with Crippen LogP contribution in [0.15, 0.2) is 11.4 Å². The van der Waals surface area contributed by atoms with Gasteiger partial charge in [0.05, 0.1) is 5.54 Å². The van der Waals surface area contributed by atoms with Crippen LogP contribution in [0.4, 0.5) is 4.79 Å². The lowest BCUT2D eigenvalue weighted by Gasteiger charge is -2.24. The number of hydrogen-bond acceptors (Lipinski definition) is 3. The van der Waals surface area contributed by atoms with Crippen LogP contribution in [0.1, 0.15) is 30.2 Å². The van der Waals surface area contributed by atoms with Crippen molar-refractivity contribution >= 4 is 17.4 Å². The zero-order valence-corrected chi connectivity index (χ0v) is 10.5. The highest BCUT2D eigenvalue weighted by Gasteiger charge is 2.37. The lowest BCUT2D eigenvalue weighted by molar-refractivity contribution is 0.170. The van der Waals surface area contributed by atoms with Crippen LogP contribution in [-0.4, -0.2) is 18.2 Å². The van der Waals surface area contributed by atoms with Crippen molar-refractivity contribution in [3.63, 3.8) is 0 Å². The van der Waals surface area contributed by atoms with Crippen molar-refractivity contribution in [2.75, 3.05) is 6.61 Å². The quantitative estimate of drug-likeness (QED) is 0.877. The molecule has 1 aromatic heterocycles. The minimum Gasteiger partial charge on any atom is -0.447 e. The number of nitrogens with one attached hydrogen (secondary N) is 1. The van der Waals surface area contributed by atoms with Crippen molar-refractivity contribution in [2.45, 2.75) is 38.6 Å². The van der Waals surface area contributed by atoms with Crippen molar-refractivity contribution < 1.29 is 9.53 Å². The van der Waals surface area contributed by atoms with E-state index in [0.717, 1.165) is 19.3 Å². The standard InChI is InChI=1S/C12H17NO2S/c1-3-12(8-15-11(14)13-12)6-4-10-9(2)5-7-16-10/h5,7H,3-4,6,8H2,1-2H3,(H,13,14)/t12-/m1/s1. The molecular formula is C12H17NO2S. The van der Waals surface area contributed by atoms with Gasteiger partial charge in [-0.2, -0.15) is 0 Å². The summed E-state index contributed by atoms with van der Waals surface area (Å²) in [5.74, 6) is 0. The number of thiophene rings is 1. The average molecular weight is 239 g/mol. The first-order valence-corrected chi connectivity index (χ1v) is 6.51. The molecule has 88 valence electrons. The Bertz CT molecular complexity index is 388. The number of hydrogen-bond donors (Lipinski definition) is 1. The number of alkyl carbamates (subject to hydrolysis) is 1. The lowest BCUT2D eigenvalue weighted by atomic mass is 9.91. The summed E-state index contributed by atoms with van der Waals surface area (Å²) in [4.78, 5) is 12.5. The van der Waals surface area contributed by atoms with E-state index in [1.54, 1.807) is 11.3 Å². The van der Waals surface area contributed by atoms with Gasteiger partial charge in [0.2, 0.25) is 0 Å². The Morgan fingerprint density at radius 1 is 1.62 bits per heavy atom. The minimum absolute atomic E-state index is 0.145. The summed E-state index contributed by atoms with van der Waals surface area (Å²) in [6.45, 7) is 4.73. The topological polar surface area (TPSA) is 38.3 Å². The lowest BCUT2D eigenvalue weighted by Crippen LogP contribution is -2.43. The predicted octanol–water partition coefficient (Wildman–Crippen LogP) is 2.88. The van der Waals surface area contributed by atoms with Crippen molar-refractivity contribution in [3.8, 4) is 0 Å². The van der Waals surface area contributed by atoms with Crippen LogP contribution in [0.25, 0.3) is 0 Å². The maximum Gasteiger partial charge on any atom is 0.407 e. The second-order valence-corrected chi connectivity index (χ2v) is 5.36. The summed E-state index contributed by atoms with van der Waals surface area (Å²) < 4.78 is 5.01. The highest BCUT2D eigenvalue weighted by Crippen LogP contribution is 2.26. The van der Waals surface area contributed by atoms with Gasteiger partial charge in [-0.3, -0.25) is 0 Å². The summed E-state index contributed by atoms with van der Waals surface area (Å²) in [5, 5.41) is 5.06. The van der Waals surface area contributed by atoms with Gasteiger partial charge in [-0.05, 0) is 43.2 Å². The summed E-state index contributed by atoms with van der Waals surface area (Å²) in [6.07, 6.45) is 2.62. The van der Waals surface area contributed by atoms with Crippen molar-refractivity contribution in [3.05, 3.63) is 21.9 Å². The zero-order valence-electron chi connectivity index (χ0n) is 9.71. The molecule has 1 aliphatic rings. The molecule has 0 spiro atoms. The molecule has 0 bridgehead atoms. The van der Waals surface area contributed by atoms with Crippen LogP contribution in [0.2, 0.25) is 0 Å².